The van der Waals surface area contributed by atoms with Crippen molar-refractivity contribution >= 4 is 52.4 Å². The van der Waals surface area contributed by atoms with Crippen molar-refractivity contribution < 1.29 is 0 Å². The van der Waals surface area contributed by atoms with E-state index in [0.717, 1.165) is 72.7 Å². The summed E-state index contributed by atoms with van der Waals surface area (Å²) in [5.74, 6) is 0. The van der Waals surface area contributed by atoms with Crippen molar-refractivity contribution in [3.8, 4) is 22.3 Å². The Balaban J connectivity index is 1.59. The zero-order valence-corrected chi connectivity index (χ0v) is 34.3. The average molecular weight is 713 g/mol. The number of rotatable bonds is 3. The number of aromatic amines is 2. The van der Waals surface area contributed by atoms with Gasteiger partial charge in [0, 0.05) is 38.8 Å². The van der Waals surface area contributed by atoms with Gasteiger partial charge in [-0.05, 0) is 110 Å². The van der Waals surface area contributed by atoms with Crippen LogP contribution in [0.5, 0.6) is 0 Å². The summed E-state index contributed by atoms with van der Waals surface area (Å²) in [5.41, 5.74) is 18.0. The fraction of sp³-hybridized carbons (Fsp3) is 0.320. The highest BCUT2D eigenvalue weighted by atomic mass is 14.8. The Hall–Kier alpha value is -5.22. The van der Waals surface area contributed by atoms with Crippen LogP contribution >= 0.6 is 0 Å². The number of H-pyrrole nitrogens is 2. The molecule has 0 radical (unpaired) electrons. The van der Waals surface area contributed by atoms with Crippen molar-refractivity contribution in [2.24, 2.45) is 0 Å². The van der Waals surface area contributed by atoms with Crippen LogP contribution in [0.25, 0.3) is 74.7 Å². The standard InChI is InChI=1S/C50H56N4/c1-14-38-39-19-21-43(53-39)45(30-23-32(47(2,3)4)27-33(24-30)48(5,6)7)41-17-15-36(51-41)29-37-16-18-42(52-37)46(44-22-20-40(38)54-44)31-25-34(49(8,9)10)28-35(26-31)50(11,12)13/h14-29,51-52H,1H2,2-13H3. The van der Waals surface area contributed by atoms with E-state index >= 15 is 0 Å². The molecule has 0 amide bonds. The predicted octanol–water partition coefficient (Wildman–Crippen LogP) is 13.8. The molecule has 0 unspecified atom stereocenters. The Morgan fingerprint density at radius 2 is 0.778 bits per heavy atom. The molecule has 2 aliphatic heterocycles. The van der Waals surface area contributed by atoms with Crippen LogP contribution in [0.1, 0.15) is 134 Å². The molecule has 5 aromatic rings. The monoisotopic (exact) mass is 712 g/mol. The zero-order chi connectivity index (χ0) is 39.0. The van der Waals surface area contributed by atoms with Gasteiger partial charge in [0.25, 0.3) is 0 Å². The summed E-state index contributed by atoms with van der Waals surface area (Å²) >= 11 is 0. The van der Waals surface area contributed by atoms with Gasteiger partial charge in [-0.15, -0.1) is 0 Å². The van der Waals surface area contributed by atoms with E-state index in [2.05, 4.69) is 191 Å². The minimum atomic E-state index is -0.0251. The second-order valence-electron chi connectivity index (χ2n) is 19.2. The van der Waals surface area contributed by atoms with Crippen LogP contribution in [0.4, 0.5) is 0 Å². The minimum Gasteiger partial charge on any atom is -0.355 e. The van der Waals surface area contributed by atoms with Crippen LogP contribution in [0, 0.1) is 0 Å². The van der Waals surface area contributed by atoms with Crippen molar-refractivity contribution in [2.45, 2.75) is 105 Å². The summed E-state index contributed by atoms with van der Waals surface area (Å²) < 4.78 is 0. The Morgan fingerprint density at radius 1 is 0.444 bits per heavy atom. The molecule has 0 fully saturated rings. The Labute approximate surface area is 322 Å². The predicted molar refractivity (Wildman–Crippen MR) is 235 cm³/mol. The first-order chi connectivity index (χ1) is 25.2. The topological polar surface area (TPSA) is 57.4 Å². The van der Waals surface area contributed by atoms with Crippen LogP contribution in [-0.2, 0) is 21.7 Å². The van der Waals surface area contributed by atoms with Crippen LogP contribution < -0.4 is 0 Å². The van der Waals surface area contributed by atoms with Crippen molar-refractivity contribution in [2.75, 3.05) is 0 Å². The minimum absolute atomic E-state index is 0.0251. The maximum atomic E-state index is 5.34. The van der Waals surface area contributed by atoms with E-state index in [1.54, 1.807) is 0 Å². The smallest absolute Gasteiger partial charge is 0.0737 e. The summed E-state index contributed by atoms with van der Waals surface area (Å²) in [6.45, 7) is 31.7. The maximum Gasteiger partial charge on any atom is 0.0737 e. The first-order valence-electron chi connectivity index (χ1n) is 19.3. The first-order valence-corrected chi connectivity index (χ1v) is 19.3. The van der Waals surface area contributed by atoms with Gasteiger partial charge in [-0.25, -0.2) is 9.97 Å². The molecule has 0 atom stereocenters. The molecule has 0 saturated carbocycles. The Bertz CT molecular complexity index is 2300. The molecule has 0 saturated heterocycles. The fourth-order valence-corrected chi connectivity index (χ4v) is 7.25. The van der Waals surface area contributed by atoms with Crippen LogP contribution in [0.3, 0.4) is 0 Å². The number of aromatic nitrogens is 4. The highest BCUT2D eigenvalue weighted by molar-refractivity contribution is 5.95. The number of nitrogens with one attached hydrogen (secondary N) is 2. The highest BCUT2D eigenvalue weighted by Gasteiger charge is 2.25. The molecule has 2 aromatic carbocycles. The third-order valence-corrected chi connectivity index (χ3v) is 10.7. The molecule has 8 bridgehead atoms. The van der Waals surface area contributed by atoms with Gasteiger partial charge in [-0.2, -0.15) is 0 Å². The maximum absolute atomic E-state index is 5.34. The second kappa shape index (κ2) is 13.0. The van der Waals surface area contributed by atoms with E-state index < -0.39 is 0 Å². The molecule has 54 heavy (non-hydrogen) atoms. The largest absolute Gasteiger partial charge is 0.355 e. The summed E-state index contributed by atoms with van der Waals surface area (Å²) in [7, 11) is 0. The van der Waals surface area contributed by atoms with Gasteiger partial charge in [0.15, 0.2) is 0 Å². The van der Waals surface area contributed by atoms with Gasteiger partial charge in [-0.1, -0.05) is 132 Å². The first kappa shape index (κ1) is 37.1. The summed E-state index contributed by atoms with van der Waals surface area (Å²) in [6.07, 6.45) is 10.4. The number of fused-ring (bicyclic) bond motifs is 8. The molecule has 4 heteroatoms. The Kier molecular flexibility index (Phi) is 8.91. The number of nitrogens with zero attached hydrogens (tertiary/aromatic N) is 2. The highest BCUT2D eigenvalue weighted by Crippen LogP contribution is 2.40. The normalized spacial score (nSPS) is 13.5. The second-order valence-corrected chi connectivity index (χ2v) is 19.2. The summed E-state index contributed by atoms with van der Waals surface area (Å²) in [5, 5.41) is 0. The molecule has 5 heterocycles. The molecule has 4 nitrogen and oxygen atoms in total. The molecule has 2 aliphatic rings. The van der Waals surface area contributed by atoms with E-state index in [9.17, 15) is 0 Å². The quantitative estimate of drug-likeness (QED) is 0.192. The zero-order valence-electron chi connectivity index (χ0n) is 34.3. The molecule has 3 aromatic heterocycles. The number of benzene rings is 2. The van der Waals surface area contributed by atoms with Crippen LogP contribution in [-0.4, -0.2) is 19.9 Å². The molecule has 2 N–H and O–H groups in total. The lowest BCUT2D eigenvalue weighted by molar-refractivity contribution is 0.568. The summed E-state index contributed by atoms with van der Waals surface area (Å²) in [4.78, 5) is 18.2. The number of hydrogen-bond donors (Lipinski definition) is 2. The van der Waals surface area contributed by atoms with E-state index in [4.69, 9.17) is 9.97 Å². The lowest BCUT2D eigenvalue weighted by atomic mass is 9.78. The number of hydrogen-bond acceptors (Lipinski definition) is 2. The third-order valence-electron chi connectivity index (χ3n) is 10.7. The third kappa shape index (κ3) is 7.19. The van der Waals surface area contributed by atoms with Crippen molar-refractivity contribution in [1.29, 1.82) is 0 Å². The summed E-state index contributed by atoms with van der Waals surface area (Å²) in [6, 6.07) is 25.0. The van der Waals surface area contributed by atoms with E-state index in [0.29, 0.717) is 0 Å². The van der Waals surface area contributed by atoms with Gasteiger partial charge in [0.1, 0.15) is 0 Å². The van der Waals surface area contributed by atoms with Crippen molar-refractivity contribution in [3.63, 3.8) is 0 Å². The molecule has 7 rings (SSSR count). The van der Waals surface area contributed by atoms with Gasteiger partial charge in [0.05, 0.1) is 22.8 Å². The Morgan fingerprint density at radius 3 is 1.09 bits per heavy atom. The van der Waals surface area contributed by atoms with Gasteiger partial charge in [0.2, 0.25) is 0 Å². The van der Waals surface area contributed by atoms with Crippen LogP contribution in [0.2, 0.25) is 0 Å². The van der Waals surface area contributed by atoms with Crippen molar-refractivity contribution in [1.82, 2.24) is 19.9 Å². The van der Waals surface area contributed by atoms with Gasteiger partial charge >= 0.3 is 0 Å². The van der Waals surface area contributed by atoms with Gasteiger partial charge in [-0.3, -0.25) is 0 Å². The SMILES string of the molecule is C=Cc1c2nc(c(-c3cc(C(C)(C)C)cc(C(C)(C)C)c3)c3ccc(cc4ccc([nH]4)c(-c4cc(C(C)(C)C)cc(C(C)(C)C)c4)c4nc1C=C4)[nH]3)C=C2. The van der Waals surface area contributed by atoms with Gasteiger partial charge < -0.3 is 9.97 Å². The molecule has 0 aliphatic carbocycles. The fourth-order valence-electron chi connectivity index (χ4n) is 7.25. The molecular formula is C50H56N4. The van der Waals surface area contributed by atoms with E-state index in [-0.39, 0.29) is 21.7 Å². The molecule has 0 spiro atoms. The van der Waals surface area contributed by atoms with Crippen molar-refractivity contribution in [3.05, 3.63) is 124 Å². The molecular weight excluding hydrogens is 657 g/mol. The van der Waals surface area contributed by atoms with E-state index in [1.165, 1.54) is 22.3 Å². The van der Waals surface area contributed by atoms with E-state index in [1.807, 2.05) is 6.08 Å². The van der Waals surface area contributed by atoms with Crippen LogP contribution in [0.15, 0.2) is 73.3 Å². The molecule has 276 valence electrons. The lowest BCUT2D eigenvalue weighted by Crippen LogP contribution is -2.16. The average Bonchev–Trinajstić information content (AvgIpc) is 3.90. The lowest BCUT2D eigenvalue weighted by Gasteiger charge is -2.26.